The van der Waals surface area contributed by atoms with Crippen LogP contribution in [0.25, 0.3) is 0 Å². The van der Waals surface area contributed by atoms with Crippen LogP contribution < -0.4 is 5.32 Å². The molecule has 6 heteroatoms. The monoisotopic (exact) mass is 211 g/mol. The predicted octanol–water partition coefficient (Wildman–Crippen LogP) is 0.154. The highest BCUT2D eigenvalue weighted by Crippen LogP contribution is 2.00. The Balaban J connectivity index is 3.63. The summed E-state index contributed by atoms with van der Waals surface area (Å²) >= 11 is 0. The van der Waals surface area contributed by atoms with Gasteiger partial charge in [-0.25, -0.2) is 8.78 Å². The van der Waals surface area contributed by atoms with E-state index in [1.165, 1.54) is 7.11 Å². The zero-order chi connectivity index (χ0) is 11.1. The van der Waals surface area contributed by atoms with Gasteiger partial charge in [0, 0.05) is 12.6 Å². The number of rotatable bonds is 6. The van der Waals surface area contributed by atoms with Crippen molar-refractivity contribution in [1.29, 1.82) is 0 Å². The van der Waals surface area contributed by atoms with E-state index < -0.39 is 18.5 Å². The second kappa shape index (κ2) is 6.67. The van der Waals surface area contributed by atoms with E-state index in [0.29, 0.717) is 0 Å². The molecular weight excluding hydrogens is 196 g/mol. The van der Waals surface area contributed by atoms with E-state index in [4.69, 9.17) is 5.11 Å². The summed E-state index contributed by atoms with van der Waals surface area (Å²) in [4.78, 5) is 10.7. The van der Waals surface area contributed by atoms with Gasteiger partial charge in [-0.05, 0) is 6.92 Å². The molecule has 0 fully saturated rings. The minimum atomic E-state index is -2.77. The van der Waals surface area contributed by atoms with E-state index in [-0.39, 0.29) is 19.0 Å². The number of hydrogen-bond donors (Lipinski definition) is 2. The van der Waals surface area contributed by atoms with E-state index in [2.05, 4.69) is 10.1 Å². The lowest BCUT2D eigenvalue weighted by Gasteiger charge is -2.15. The lowest BCUT2D eigenvalue weighted by Crippen LogP contribution is -2.38. The Kier molecular flexibility index (Phi) is 6.31. The standard InChI is InChI=1S/C8H15F2NO3/c1-5(3-7(13)14-2)11-4-6(12)8(9)10/h5-6,8,11-12H,3-4H2,1-2H3. The first kappa shape index (κ1) is 13.2. The summed E-state index contributed by atoms with van der Waals surface area (Å²) in [5.74, 6) is -0.420. The van der Waals surface area contributed by atoms with E-state index in [1.54, 1.807) is 6.92 Å². The number of aliphatic hydroxyl groups excluding tert-OH is 1. The third-order valence-corrected chi connectivity index (χ3v) is 1.67. The third kappa shape index (κ3) is 5.82. The number of aliphatic hydroxyl groups is 1. The van der Waals surface area contributed by atoms with Crippen molar-refractivity contribution < 1.29 is 23.4 Å². The molecule has 0 aromatic carbocycles. The Hall–Kier alpha value is -0.750. The number of ether oxygens (including phenoxy) is 1. The zero-order valence-electron chi connectivity index (χ0n) is 8.17. The fourth-order valence-electron chi connectivity index (χ4n) is 0.817. The molecule has 0 radical (unpaired) electrons. The quantitative estimate of drug-likeness (QED) is 0.614. The summed E-state index contributed by atoms with van der Waals surface area (Å²) in [6, 6.07) is -0.296. The summed E-state index contributed by atoms with van der Waals surface area (Å²) in [7, 11) is 1.25. The minimum Gasteiger partial charge on any atom is -0.469 e. The van der Waals surface area contributed by atoms with Crippen LogP contribution in [0.1, 0.15) is 13.3 Å². The summed E-state index contributed by atoms with van der Waals surface area (Å²) in [6.45, 7) is 1.41. The minimum absolute atomic E-state index is 0.0897. The highest BCUT2D eigenvalue weighted by molar-refractivity contribution is 5.69. The molecule has 0 saturated carbocycles. The molecule has 4 nitrogen and oxygen atoms in total. The Morgan fingerprint density at radius 1 is 1.57 bits per heavy atom. The van der Waals surface area contributed by atoms with Crippen molar-refractivity contribution in [3.63, 3.8) is 0 Å². The Bertz CT molecular complexity index is 178. The molecule has 0 rings (SSSR count). The molecule has 14 heavy (non-hydrogen) atoms. The van der Waals surface area contributed by atoms with Crippen molar-refractivity contribution in [3.05, 3.63) is 0 Å². The van der Waals surface area contributed by atoms with Gasteiger partial charge in [0.25, 0.3) is 6.43 Å². The number of nitrogens with one attached hydrogen (secondary N) is 1. The van der Waals surface area contributed by atoms with Crippen molar-refractivity contribution in [2.75, 3.05) is 13.7 Å². The number of carbonyl (C=O) groups is 1. The number of alkyl halides is 2. The van der Waals surface area contributed by atoms with Crippen molar-refractivity contribution in [3.8, 4) is 0 Å². The van der Waals surface area contributed by atoms with Crippen LogP contribution in [0.4, 0.5) is 8.78 Å². The van der Waals surface area contributed by atoms with E-state index in [1.807, 2.05) is 0 Å². The van der Waals surface area contributed by atoms with E-state index >= 15 is 0 Å². The van der Waals surface area contributed by atoms with Crippen molar-refractivity contribution in [2.45, 2.75) is 31.9 Å². The lowest BCUT2D eigenvalue weighted by atomic mass is 10.2. The number of methoxy groups -OCH3 is 1. The van der Waals surface area contributed by atoms with Crippen molar-refractivity contribution in [2.24, 2.45) is 0 Å². The van der Waals surface area contributed by atoms with E-state index in [9.17, 15) is 13.6 Å². The topological polar surface area (TPSA) is 58.6 Å². The first-order valence-electron chi connectivity index (χ1n) is 4.23. The Morgan fingerprint density at radius 2 is 2.14 bits per heavy atom. The van der Waals surface area contributed by atoms with Crippen molar-refractivity contribution >= 4 is 5.97 Å². The Labute approximate surface area is 81.2 Å². The second-order valence-corrected chi connectivity index (χ2v) is 2.99. The van der Waals surface area contributed by atoms with Gasteiger partial charge < -0.3 is 15.2 Å². The van der Waals surface area contributed by atoms with Gasteiger partial charge in [-0.1, -0.05) is 0 Å². The molecule has 2 unspecified atom stereocenters. The Morgan fingerprint density at radius 3 is 2.57 bits per heavy atom. The largest absolute Gasteiger partial charge is 0.469 e. The highest BCUT2D eigenvalue weighted by Gasteiger charge is 2.17. The molecule has 0 aliphatic heterocycles. The molecule has 0 aliphatic rings. The highest BCUT2D eigenvalue weighted by atomic mass is 19.3. The third-order valence-electron chi connectivity index (χ3n) is 1.67. The van der Waals surface area contributed by atoms with Crippen LogP contribution in [-0.2, 0) is 9.53 Å². The van der Waals surface area contributed by atoms with Gasteiger partial charge in [0.2, 0.25) is 0 Å². The van der Waals surface area contributed by atoms with Crippen LogP contribution in [-0.4, -0.2) is 43.3 Å². The van der Waals surface area contributed by atoms with Crippen LogP contribution in [0.3, 0.4) is 0 Å². The zero-order valence-corrected chi connectivity index (χ0v) is 8.17. The number of hydrogen-bond acceptors (Lipinski definition) is 4. The lowest BCUT2D eigenvalue weighted by molar-refractivity contribution is -0.141. The first-order chi connectivity index (χ1) is 6.47. The molecule has 0 heterocycles. The average Bonchev–Trinajstić information content (AvgIpc) is 2.13. The number of halogens is 2. The molecule has 84 valence electrons. The van der Waals surface area contributed by atoms with Crippen LogP contribution in [0.2, 0.25) is 0 Å². The van der Waals surface area contributed by atoms with Gasteiger partial charge >= 0.3 is 5.97 Å². The fourth-order valence-corrected chi connectivity index (χ4v) is 0.817. The summed E-state index contributed by atoms with van der Waals surface area (Å²) in [5, 5.41) is 11.3. The van der Waals surface area contributed by atoms with Crippen molar-refractivity contribution in [1.82, 2.24) is 5.32 Å². The molecule has 0 aliphatic carbocycles. The molecule has 0 aromatic heterocycles. The molecule has 2 atom stereocenters. The predicted molar refractivity (Wildman–Crippen MR) is 46.1 cm³/mol. The number of esters is 1. The molecule has 0 spiro atoms. The second-order valence-electron chi connectivity index (χ2n) is 2.99. The van der Waals surface area contributed by atoms with Crippen LogP contribution >= 0.6 is 0 Å². The summed E-state index contributed by atoms with van der Waals surface area (Å²) in [6.07, 6.45) is -4.38. The van der Waals surface area contributed by atoms with Gasteiger partial charge in [0.15, 0.2) is 0 Å². The van der Waals surface area contributed by atoms with Gasteiger partial charge in [-0.2, -0.15) is 0 Å². The maximum Gasteiger partial charge on any atom is 0.307 e. The van der Waals surface area contributed by atoms with Gasteiger partial charge in [-0.15, -0.1) is 0 Å². The molecule has 0 aromatic rings. The van der Waals surface area contributed by atoms with E-state index in [0.717, 1.165) is 0 Å². The van der Waals surface area contributed by atoms with Crippen LogP contribution in [0, 0.1) is 0 Å². The maximum absolute atomic E-state index is 11.8. The van der Waals surface area contributed by atoms with Crippen LogP contribution in [0.5, 0.6) is 0 Å². The van der Waals surface area contributed by atoms with Gasteiger partial charge in [-0.3, -0.25) is 4.79 Å². The summed E-state index contributed by atoms with van der Waals surface area (Å²) in [5.41, 5.74) is 0. The number of carbonyl (C=O) groups excluding carboxylic acids is 1. The maximum atomic E-state index is 11.8. The SMILES string of the molecule is COC(=O)CC(C)NCC(O)C(F)F. The van der Waals surface area contributed by atoms with Crippen LogP contribution in [0.15, 0.2) is 0 Å². The first-order valence-corrected chi connectivity index (χ1v) is 4.23. The average molecular weight is 211 g/mol. The van der Waals surface area contributed by atoms with Gasteiger partial charge in [0.05, 0.1) is 13.5 Å². The molecular formula is C8H15F2NO3. The molecule has 2 N–H and O–H groups in total. The normalized spacial score (nSPS) is 15.3. The molecule has 0 amide bonds. The summed E-state index contributed by atoms with van der Waals surface area (Å²) < 4.78 is 28.0. The fraction of sp³-hybridized carbons (Fsp3) is 0.875. The molecule has 0 saturated heterocycles. The van der Waals surface area contributed by atoms with Gasteiger partial charge in [0.1, 0.15) is 6.10 Å². The molecule has 0 bridgehead atoms. The smallest absolute Gasteiger partial charge is 0.307 e.